The van der Waals surface area contributed by atoms with E-state index in [4.69, 9.17) is 0 Å². The molecular formula is C23H23N5O3S. The van der Waals surface area contributed by atoms with Crippen LogP contribution in [0.4, 0.5) is 5.82 Å². The Hall–Kier alpha value is -3.59. The number of aryl methyl sites for hydroxylation is 1. The lowest BCUT2D eigenvalue weighted by Gasteiger charge is -2.11. The molecule has 1 N–H and O–H groups in total. The van der Waals surface area contributed by atoms with Crippen LogP contribution in [0.15, 0.2) is 65.6 Å². The van der Waals surface area contributed by atoms with Crippen LogP contribution in [0.2, 0.25) is 0 Å². The van der Waals surface area contributed by atoms with E-state index in [0.29, 0.717) is 17.4 Å². The average Bonchev–Trinajstić information content (AvgIpc) is 3.22. The molecule has 4 rings (SSSR count). The van der Waals surface area contributed by atoms with Crippen molar-refractivity contribution in [2.24, 2.45) is 0 Å². The van der Waals surface area contributed by atoms with Crippen molar-refractivity contribution in [1.29, 1.82) is 0 Å². The van der Waals surface area contributed by atoms with Crippen LogP contribution < -0.4 is 5.32 Å². The maximum absolute atomic E-state index is 13.1. The summed E-state index contributed by atoms with van der Waals surface area (Å²) in [6.07, 6.45) is 3.74. The van der Waals surface area contributed by atoms with E-state index in [1.165, 1.54) is 16.6 Å². The van der Waals surface area contributed by atoms with Crippen molar-refractivity contribution in [1.82, 2.24) is 19.6 Å². The summed E-state index contributed by atoms with van der Waals surface area (Å²) < 4.78 is 25.7. The first-order chi connectivity index (χ1) is 15.4. The Bertz CT molecular complexity index is 1380. The first kappa shape index (κ1) is 21.6. The summed E-state index contributed by atoms with van der Waals surface area (Å²) in [6, 6.07) is 17.4. The minimum atomic E-state index is -3.57. The molecule has 0 unspecified atom stereocenters. The molecule has 0 aliphatic rings. The van der Waals surface area contributed by atoms with Gasteiger partial charge in [-0.2, -0.15) is 9.50 Å². The lowest BCUT2D eigenvalue weighted by atomic mass is 10.2. The second-order valence-corrected chi connectivity index (χ2v) is 9.46. The SMILES string of the molecule is CCCCc1cc(NC(=O)c2ccccc2S(C)(=O)=O)n2nc(-c3ccccc3)nc2n1. The maximum Gasteiger partial charge on any atom is 0.258 e. The van der Waals surface area contributed by atoms with Gasteiger partial charge >= 0.3 is 0 Å². The van der Waals surface area contributed by atoms with Crippen molar-refractivity contribution in [2.45, 2.75) is 31.1 Å². The third-order valence-electron chi connectivity index (χ3n) is 4.96. The number of sulfone groups is 1. The number of benzene rings is 2. The number of fused-ring (bicyclic) bond motifs is 1. The van der Waals surface area contributed by atoms with Gasteiger partial charge in [-0.05, 0) is 25.0 Å². The number of nitrogens with one attached hydrogen (secondary N) is 1. The van der Waals surface area contributed by atoms with E-state index in [1.807, 2.05) is 30.3 Å². The summed E-state index contributed by atoms with van der Waals surface area (Å²) in [7, 11) is -3.57. The monoisotopic (exact) mass is 449 g/mol. The van der Waals surface area contributed by atoms with Gasteiger partial charge in [0.05, 0.1) is 10.5 Å². The van der Waals surface area contributed by atoms with E-state index < -0.39 is 15.7 Å². The molecule has 32 heavy (non-hydrogen) atoms. The summed E-state index contributed by atoms with van der Waals surface area (Å²) in [5, 5.41) is 7.34. The Kier molecular flexibility index (Phi) is 6.00. The van der Waals surface area contributed by atoms with Gasteiger partial charge in [0.25, 0.3) is 11.7 Å². The number of carbonyl (C=O) groups is 1. The fourth-order valence-electron chi connectivity index (χ4n) is 3.36. The third-order valence-corrected chi connectivity index (χ3v) is 6.11. The Morgan fingerprint density at radius 2 is 1.75 bits per heavy atom. The lowest BCUT2D eigenvalue weighted by Crippen LogP contribution is -2.18. The quantitative estimate of drug-likeness (QED) is 0.460. The van der Waals surface area contributed by atoms with Gasteiger partial charge in [-0.25, -0.2) is 13.4 Å². The van der Waals surface area contributed by atoms with E-state index >= 15 is 0 Å². The Morgan fingerprint density at radius 3 is 2.47 bits per heavy atom. The Balaban J connectivity index is 1.79. The van der Waals surface area contributed by atoms with Crippen molar-refractivity contribution in [2.75, 3.05) is 11.6 Å². The number of nitrogens with zero attached hydrogens (tertiary/aromatic N) is 4. The average molecular weight is 450 g/mol. The van der Waals surface area contributed by atoms with Crippen LogP contribution in [-0.4, -0.2) is 40.2 Å². The fraction of sp³-hybridized carbons (Fsp3) is 0.217. The number of rotatable bonds is 7. The highest BCUT2D eigenvalue weighted by Gasteiger charge is 2.20. The number of unbranched alkanes of at least 4 members (excludes halogenated alkanes) is 1. The number of anilines is 1. The van der Waals surface area contributed by atoms with E-state index in [2.05, 4.69) is 27.3 Å². The highest BCUT2D eigenvalue weighted by molar-refractivity contribution is 7.90. The van der Waals surface area contributed by atoms with Crippen molar-refractivity contribution in [3.8, 4) is 11.4 Å². The predicted octanol–water partition coefficient (Wildman–Crippen LogP) is 3.79. The van der Waals surface area contributed by atoms with Gasteiger partial charge in [-0.1, -0.05) is 55.8 Å². The standard InChI is InChI=1S/C23H23N5O3S/c1-3-4-12-17-15-20(25-22(29)18-13-8-9-14-19(18)32(2,30)31)28-23(24-17)26-21(27-28)16-10-6-5-7-11-16/h5-11,13-15H,3-4,12H2,1-2H3,(H,25,29). The summed E-state index contributed by atoms with van der Waals surface area (Å²) >= 11 is 0. The van der Waals surface area contributed by atoms with Crippen LogP contribution in [0.25, 0.3) is 17.2 Å². The second kappa shape index (κ2) is 8.88. The normalized spacial score (nSPS) is 11.6. The highest BCUT2D eigenvalue weighted by atomic mass is 32.2. The third kappa shape index (κ3) is 4.52. The molecule has 2 aromatic carbocycles. The van der Waals surface area contributed by atoms with Crippen LogP contribution >= 0.6 is 0 Å². The minimum absolute atomic E-state index is 0.0300. The molecule has 0 spiro atoms. The first-order valence-corrected chi connectivity index (χ1v) is 12.2. The van der Waals surface area contributed by atoms with Gasteiger partial charge in [0.1, 0.15) is 5.82 Å². The van der Waals surface area contributed by atoms with E-state index in [9.17, 15) is 13.2 Å². The van der Waals surface area contributed by atoms with Crippen molar-refractivity contribution in [3.05, 3.63) is 71.9 Å². The van der Waals surface area contributed by atoms with E-state index in [-0.39, 0.29) is 10.5 Å². The Labute approximate surface area is 186 Å². The molecule has 0 saturated carbocycles. The number of aromatic nitrogens is 4. The molecule has 0 aliphatic carbocycles. The molecule has 164 valence electrons. The topological polar surface area (TPSA) is 106 Å². The first-order valence-electron chi connectivity index (χ1n) is 10.3. The van der Waals surface area contributed by atoms with Gasteiger partial charge in [-0.3, -0.25) is 4.79 Å². The van der Waals surface area contributed by atoms with Crippen molar-refractivity contribution in [3.63, 3.8) is 0 Å². The molecule has 0 radical (unpaired) electrons. The summed E-state index contributed by atoms with van der Waals surface area (Å²) in [5.41, 5.74) is 1.67. The maximum atomic E-state index is 13.1. The van der Waals surface area contributed by atoms with Crippen LogP contribution in [0.1, 0.15) is 35.8 Å². The van der Waals surface area contributed by atoms with Crippen LogP contribution in [0.3, 0.4) is 0 Å². The number of hydrogen-bond acceptors (Lipinski definition) is 6. The smallest absolute Gasteiger partial charge is 0.258 e. The van der Waals surface area contributed by atoms with Crippen LogP contribution in [0, 0.1) is 0 Å². The number of amides is 1. The molecule has 1 amide bonds. The molecule has 4 aromatic rings. The molecule has 8 nitrogen and oxygen atoms in total. The number of carbonyl (C=O) groups excluding carboxylic acids is 1. The molecule has 0 aliphatic heterocycles. The highest BCUT2D eigenvalue weighted by Crippen LogP contribution is 2.21. The van der Waals surface area contributed by atoms with E-state index in [1.54, 1.807) is 18.2 Å². The largest absolute Gasteiger partial charge is 0.306 e. The van der Waals surface area contributed by atoms with Crippen LogP contribution in [-0.2, 0) is 16.3 Å². The lowest BCUT2D eigenvalue weighted by molar-refractivity contribution is 0.102. The van der Waals surface area contributed by atoms with Crippen molar-refractivity contribution >= 4 is 27.3 Å². The molecule has 0 saturated heterocycles. The minimum Gasteiger partial charge on any atom is -0.306 e. The van der Waals surface area contributed by atoms with Gasteiger partial charge in [0, 0.05) is 23.6 Å². The van der Waals surface area contributed by atoms with Crippen LogP contribution in [0.5, 0.6) is 0 Å². The summed E-state index contributed by atoms with van der Waals surface area (Å²) in [5.74, 6) is 0.683. The summed E-state index contributed by atoms with van der Waals surface area (Å²) in [6.45, 7) is 2.09. The van der Waals surface area contributed by atoms with Gasteiger partial charge < -0.3 is 5.32 Å². The predicted molar refractivity (Wildman–Crippen MR) is 122 cm³/mol. The zero-order valence-electron chi connectivity index (χ0n) is 17.8. The second-order valence-electron chi connectivity index (χ2n) is 7.47. The molecule has 2 heterocycles. The molecule has 2 aromatic heterocycles. The molecular weight excluding hydrogens is 426 g/mol. The molecule has 0 fully saturated rings. The summed E-state index contributed by atoms with van der Waals surface area (Å²) in [4.78, 5) is 22.2. The van der Waals surface area contributed by atoms with Crippen molar-refractivity contribution < 1.29 is 13.2 Å². The fourth-order valence-corrected chi connectivity index (χ4v) is 4.25. The zero-order valence-corrected chi connectivity index (χ0v) is 18.6. The molecule has 9 heteroatoms. The number of hydrogen-bond donors (Lipinski definition) is 1. The Morgan fingerprint density at radius 1 is 1.03 bits per heavy atom. The van der Waals surface area contributed by atoms with Gasteiger partial charge in [0.2, 0.25) is 0 Å². The van der Waals surface area contributed by atoms with E-state index in [0.717, 1.165) is 36.8 Å². The van der Waals surface area contributed by atoms with Gasteiger partial charge in [-0.15, -0.1) is 5.10 Å². The van der Waals surface area contributed by atoms with Gasteiger partial charge in [0.15, 0.2) is 15.7 Å². The zero-order chi connectivity index (χ0) is 22.7. The molecule has 0 bridgehead atoms. The molecule has 0 atom stereocenters.